The molecule has 4 nitrogen and oxygen atoms in total. The van der Waals surface area contributed by atoms with Crippen LogP contribution in [0.15, 0.2) is 41.3 Å². The highest BCUT2D eigenvalue weighted by Gasteiger charge is 2.18. The lowest BCUT2D eigenvalue weighted by Gasteiger charge is -2.10. The van der Waals surface area contributed by atoms with Gasteiger partial charge in [0.2, 0.25) is 10.0 Å². The van der Waals surface area contributed by atoms with E-state index in [4.69, 9.17) is 17.3 Å². The van der Waals surface area contributed by atoms with Crippen LogP contribution in [0.25, 0.3) is 0 Å². The summed E-state index contributed by atoms with van der Waals surface area (Å²) in [6.45, 7) is -0.333. The molecule has 0 aliphatic carbocycles. The van der Waals surface area contributed by atoms with Crippen LogP contribution < -0.4 is 10.5 Å². The van der Waals surface area contributed by atoms with E-state index in [-0.39, 0.29) is 27.7 Å². The number of rotatable bonds is 4. The zero-order valence-corrected chi connectivity index (χ0v) is 12.2. The summed E-state index contributed by atoms with van der Waals surface area (Å²) in [7, 11) is -3.96. The first-order valence-electron chi connectivity index (χ1n) is 5.78. The fourth-order valence-corrected chi connectivity index (χ4v) is 3.05. The van der Waals surface area contributed by atoms with Crippen LogP contribution in [0, 0.1) is 11.6 Å². The third-order valence-electron chi connectivity index (χ3n) is 2.73. The largest absolute Gasteiger partial charge is 0.398 e. The molecule has 3 N–H and O–H groups in total. The zero-order valence-electron chi connectivity index (χ0n) is 10.6. The lowest BCUT2D eigenvalue weighted by molar-refractivity contribution is 0.562. The van der Waals surface area contributed by atoms with Gasteiger partial charge >= 0.3 is 0 Å². The number of nitrogen functional groups attached to an aromatic ring is 1. The number of halogens is 3. The van der Waals surface area contributed by atoms with Crippen LogP contribution in [0.4, 0.5) is 14.5 Å². The van der Waals surface area contributed by atoms with Crippen molar-refractivity contribution in [2.24, 2.45) is 0 Å². The first kappa shape index (κ1) is 15.7. The SMILES string of the molecule is Nc1ccc(Cl)cc1S(=O)(=O)NCc1ccc(F)cc1F. The maximum Gasteiger partial charge on any atom is 0.242 e. The second-order valence-corrected chi connectivity index (χ2v) is 6.41. The standard InChI is InChI=1S/C13H11ClF2N2O2S/c14-9-2-4-12(17)13(5-9)21(19,20)18-7-8-1-3-10(15)6-11(8)16/h1-6,18H,7,17H2. The van der Waals surface area contributed by atoms with E-state index in [2.05, 4.69) is 4.72 Å². The molecule has 0 saturated carbocycles. The first-order chi connectivity index (χ1) is 9.79. The average molecular weight is 333 g/mol. The van der Waals surface area contributed by atoms with Gasteiger partial charge in [0, 0.05) is 23.2 Å². The second-order valence-electron chi connectivity index (χ2n) is 4.24. The highest BCUT2D eigenvalue weighted by atomic mass is 35.5. The van der Waals surface area contributed by atoms with Crippen molar-refractivity contribution in [2.75, 3.05) is 5.73 Å². The van der Waals surface area contributed by atoms with Gasteiger partial charge < -0.3 is 5.73 Å². The molecule has 0 spiro atoms. The molecule has 0 atom stereocenters. The van der Waals surface area contributed by atoms with Crippen molar-refractivity contribution in [3.05, 3.63) is 58.6 Å². The minimum Gasteiger partial charge on any atom is -0.398 e. The molecule has 0 aromatic heterocycles. The number of hydrogen-bond acceptors (Lipinski definition) is 3. The molecule has 0 heterocycles. The molecule has 2 aromatic carbocycles. The second kappa shape index (κ2) is 5.97. The molecule has 0 aliphatic rings. The number of nitrogens with one attached hydrogen (secondary N) is 1. The Labute approximate surface area is 125 Å². The number of anilines is 1. The fraction of sp³-hybridized carbons (Fsp3) is 0.0769. The van der Waals surface area contributed by atoms with Crippen molar-refractivity contribution in [3.8, 4) is 0 Å². The molecule has 0 saturated heterocycles. The minimum atomic E-state index is -3.96. The molecule has 0 bridgehead atoms. The Morgan fingerprint density at radius 3 is 2.52 bits per heavy atom. The van der Waals surface area contributed by atoms with Gasteiger partial charge in [-0.1, -0.05) is 17.7 Å². The summed E-state index contributed by atoms with van der Waals surface area (Å²) < 4.78 is 52.6. The van der Waals surface area contributed by atoms with Crippen molar-refractivity contribution in [2.45, 2.75) is 11.4 Å². The van der Waals surface area contributed by atoms with E-state index >= 15 is 0 Å². The molecule has 0 unspecified atom stereocenters. The molecule has 0 radical (unpaired) electrons. The van der Waals surface area contributed by atoms with Gasteiger partial charge in [0.25, 0.3) is 0 Å². The summed E-state index contributed by atoms with van der Waals surface area (Å²) in [4.78, 5) is -0.197. The highest BCUT2D eigenvalue weighted by Crippen LogP contribution is 2.22. The van der Waals surface area contributed by atoms with Gasteiger partial charge in [-0.05, 0) is 24.3 Å². The summed E-state index contributed by atoms with van der Waals surface area (Å²) in [5, 5.41) is 0.206. The van der Waals surface area contributed by atoms with Crippen molar-refractivity contribution in [1.29, 1.82) is 0 Å². The normalized spacial score (nSPS) is 11.6. The Balaban J connectivity index is 2.24. The van der Waals surface area contributed by atoms with Crippen molar-refractivity contribution in [1.82, 2.24) is 4.72 Å². The number of hydrogen-bond donors (Lipinski definition) is 2. The number of sulfonamides is 1. The van der Waals surface area contributed by atoms with Gasteiger partial charge in [-0.15, -0.1) is 0 Å². The van der Waals surface area contributed by atoms with Crippen LogP contribution in [0.5, 0.6) is 0 Å². The maximum absolute atomic E-state index is 13.5. The fourth-order valence-electron chi connectivity index (χ4n) is 1.66. The molecule has 8 heteroatoms. The monoisotopic (exact) mass is 332 g/mol. The molecule has 0 fully saturated rings. The summed E-state index contributed by atoms with van der Waals surface area (Å²) in [6.07, 6.45) is 0. The first-order valence-corrected chi connectivity index (χ1v) is 7.64. The lowest BCUT2D eigenvalue weighted by Crippen LogP contribution is -2.24. The van der Waals surface area contributed by atoms with E-state index in [9.17, 15) is 17.2 Å². The minimum absolute atomic E-state index is 0.0144. The Kier molecular flexibility index (Phi) is 4.46. The summed E-state index contributed by atoms with van der Waals surface area (Å²) >= 11 is 5.73. The van der Waals surface area contributed by atoms with E-state index in [0.29, 0.717) is 6.07 Å². The Morgan fingerprint density at radius 2 is 1.86 bits per heavy atom. The van der Waals surface area contributed by atoms with Crippen LogP contribution in [0.1, 0.15) is 5.56 Å². The van der Waals surface area contributed by atoms with Crippen LogP contribution in [0.2, 0.25) is 5.02 Å². The van der Waals surface area contributed by atoms with Crippen molar-refractivity contribution in [3.63, 3.8) is 0 Å². The van der Waals surface area contributed by atoms with Crippen LogP contribution in [0.3, 0.4) is 0 Å². The van der Waals surface area contributed by atoms with Gasteiger partial charge in [-0.3, -0.25) is 0 Å². The average Bonchev–Trinajstić information content (AvgIpc) is 2.40. The zero-order chi connectivity index (χ0) is 15.6. The number of nitrogens with two attached hydrogens (primary N) is 1. The van der Waals surface area contributed by atoms with E-state index in [0.717, 1.165) is 12.1 Å². The number of benzene rings is 2. The van der Waals surface area contributed by atoms with E-state index in [1.165, 1.54) is 18.2 Å². The van der Waals surface area contributed by atoms with Crippen LogP contribution in [-0.4, -0.2) is 8.42 Å². The molecule has 2 aromatic rings. The predicted octanol–water partition coefficient (Wildman–Crippen LogP) is 2.68. The highest BCUT2D eigenvalue weighted by molar-refractivity contribution is 7.89. The van der Waals surface area contributed by atoms with Crippen molar-refractivity contribution < 1.29 is 17.2 Å². The van der Waals surface area contributed by atoms with Crippen LogP contribution >= 0.6 is 11.6 Å². The summed E-state index contributed by atoms with van der Waals surface area (Å²) in [5.41, 5.74) is 5.63. The smallest absolute Gasteiger partial charge is 0.242 e. The van der Waals surface area contributed by atoms with Crippen LogP contribution in [-0.2, 0) is 16.6 Å². The third kappa shape index (κ3) is 3.69. The molecule has 0 amide bonds. The van der Waals surface area contributed by atoms with E-state index < -0.39 is 21.7 Å². The van der Waals surface area contributed by atoms with Gasteiger partial charge in [0.1, 0.15) is 16.5 Å². The molecular weight excluding hydrogens is 322 g/mol. The summed E-state index contributed by atoms with van der Waals surface area (Å²) in [6, 6.07) is 6.89. The van der Waals surface area contributed by atoms with Gasteiger partial charge in [0.15, 0.2) is 0 Å². The van der Waals surface area contributed by atoms with Gasteiger partial charge in [-0.2, -0.15) is 0 Å². The van der Waals surface area contributed by atoms with Gasteiger partial charge in [0.05, 0.1) is 5.69 Å². The molecule has 0 aliphatic heterocycles. The molecule has 21 heavy (non-hydrogen) atoms. The molecular formula is C13H11ClF2N2O2S. The maximum atomic E-state index is 13.5. The Morgan fingerprint density at radius 1 is 1.14 bits per heavy atom. The van der Waals surface area contributed by atoms with E-state index in [1.54, 1.807) is 0 Å². The molecule has 2 rings (SSSR count). The van der Waals surface area contributed by atoms with Gasteiger partial charge in [-0.25, -0.2) is 21.9 Å². The topological polar surface area (TPSA) is 72.2 Å². The Hall–Kier alpha value is -1.70. The quantitative estimate of drug-likeness (QED) is 0.845. The Bertz CT molecular complexity index is 782. The predicted molar refractivity (Wildman–Crippen MR) is 76.2 cm³/mol. The molecule has 112 valence electrons. The summed E-state index contributed by atoms with van der Waals surface area (Å²) in [5.74, 6) is -1.57. The lowest BCUT2D eigenvalue weighted by atomic mass is 10.2. The third-order valence-corrected chi connectivity index (χ3v) is 4.42. The van der Waals surface area contributed by atoms with Crippen molar-refractivity contribution >= 4 is 27.3 Å². The van der Waals surface area contributed by atoms with E-state index in [1.807, 2.05) is 0 Å².